The molecule has 0 spiro atoms. The second-order valence-corrected chi connectivity index (χ2v) is 4.05. The van der Waals surface area contributed by atoms with E-state index in [4.69, 9.17) is 5.53 Å². The van der Waals surface area contributed by atoms with Gasteiger partial charge in [0.25, 0.3) is 5.78 Å². The molecule has 2 unspecified atom stereocenters. The van der Waals surface area contributed by atoms with Gasteiger partial charge in [-0.3, -0.25) is 9.59 Å². The largest absolute Gasteiger partial charge is 0.361 e. The van der Waals surface area contributed by atoms with E-state index in [9.17, 15) is 9.59 Å². The summed E-state index contributed by atoms with van der Waals surface area (Å²) in [5.74, 6) is -0.486. The second-order valence-electron chi connectivity index (χ2n) is 4.05. The average Bonchev–Trinajstić information content (AvgIpc) is 2.48. The van der Waals surface area contributed by atoms with Crippen molar-refractivity contribution in [1.29, 1.82) is 0 Å². The zero-order valence-corrected chi connectivity index (χ0v) is 8.99. The number of ketones is 1. The van der Waals surface area contributed by atoms with Gasteiger partial charge in [0, 0.05) is 6.92 Å². The molecule has 1 fully saturated rings. The minimum absolute atomic E-state index is 0.0758. The molecule has 0 bridgehead atoms. The van der Waals surface area contributed by atoms with Crippen molar-refractivity contribution in [3.8, 4) is 0 Å². The Morgan fingerprint density at radius 1 is 1.60 bits per heavy atom. The lowest BCUT2D eigenvalue weighted by molar-refractivity contribution is -0.130. The van der Waals surface area contributed by atoms with Crippen molar-refractivity contribution in [2.45, 2.75) is 38.6 Å². The van der Waals surface area contributed by atoms with E-state index in [1.807, 2.05) is 6.92 Å². The normalized spacial score (nSPS) is 29.3. The summed E-state index contributed by atoms with van der Waals surface area (Å²) in [4.78, 5) is 25.6. The van der Waals surface area contributed by atoms with Crippen molar-refractivity contribution < 1.29 is 14.4 Å². The van der Waals surface area contributed by atoms with E-state index in [-0.39, 0.29) is 17.6 Å². The average molecular weight is 209 g/mol. The van der Waals surface area contributed by atoms with Gasteiger partial charge in [0.2, 0.25) is 5.91 Å². The molecule has 1 aliphatic carbocycles. The smallest absolute Gasteiger partial charge is 0.325 e. The van der Waals surface area contributed by atoms with Gasteiger partial charge in [0.1, 0.15) is 5.54 Å². The Hall–Kier alpha value is -1.48. The zero-order valence-electron chi connectivity index (χ0n) is 8.99. The van der Waals surface area contributed by atoms with Crippen molar-refractivity contribution in [3.63, 3.8) is 0 Å². The van der Waals surface area contributed by atoms with E-state index in [1.165, 1.54) is 6.92 Å². The summed E-state index contributed by atoms with van der Waals surface area (Å²) in [6.45, 7) is 3.31. The highest BCUT2D eigenvalue weighted by atomic mass is 16.2. The summed E-state index contributed by atoms with van der Waals surface area (Å²) in [5.41, 5.74) is 7.50. The Morgan fingerprint density at radius 3 is 2.67 bits per heavy atom. The van der Waals surface area contributed by atoms with E-state index in [0.717, 1.165) is 19.1 Å². The molecule has 1 saturated carbocycles. The molecule has 1 N–H and O–H groups in total. The first-order chi connectivity index (χ1) is 7.03. The topological polar surface area (TPSA) is 82.6 Å². The summed E-state index contributed by atoms with van der Waals surface area (Å²) in [6.07, 6.45) is 3.27. The maximum atomic E-state index is 11.8. The van der Waals surface area contributed by atoms with Gasteiger partial charge in [0.05, 0.1) is 0 Å². The molecule has 0 aromatic carbocycles. The van der Waals surface area contributed by atoms with Crippen LogP contribution < -0.4 is 5.32 Å². The standard InChI is InChI=1S/C10H15N3O2/c1-7-4-3-5-10(7,13-8(2)14)9(15)6-12-11/h6-7H,3-5H2,1-2H3,(H,13,14). The van der Waals surface area contributed by atoms with Crippen molar-refractivity contribution >= 4 is 17.9 Å². The number of Topliss-reactive ketones (excluding diaryl/α,β-unsaturated/α-hetero) is 1. The lowest BCUT2D eigenvalue weighted by Crippen LogP contribution is -2.56. The fourth-order valence-electron chi connectivity index (χ4n) is 2.27. The molecular formula is C10H15N3O2. The monoisotopic (exact) mass is 209 g/mol. The SMILES string of the molecule is CC(=O)NC1(C(=O)C=[N+]=[N-])CCCC1C. The van der Waals surface area contributed by atoms with Gasteiger partial charge in [-0.05, 0) is 18.8 Å². The summed E-state index contributed by atoms with van der Waals surface area (Å²) in [6, 6.07) is 0. The van der Waals surface area contributed by atoms with Gasteiger partial charge in [-0.2, -0.15) is 4.79 Å². The van der Waals surface area contributed by atoms with Crippen LogP contribution in [0, 0.1) is 5.92 Å². The van der Waals surface area contributed by atoms with Crippen LogP contribution in [-0.4, -0.2) is 28.2 Å². The van der Waals surface area contributed by atoms with Crippen LogP contribution in [0.2, 0.25) is 0 Å². The van der Waals surface area contributed by atoms with E-state index in [2.05, 4.69) is 10.1 Å². The lowest BCUT2D eigenvalue weighted by Gasteiger charge is -2.30. The van der Waals surface area contributed by atoms with E-state index in [1.54, 1.807) is 0 Å². The Morgan fingerprint density at radius 2 is 2.27 bits per heavy atom. The fourth-order valence-corrected chi connectivity index (χ4v) is 2.27. The molecule has 0 heterocycles. The molecule has 15 heavy (non-hydrogen) atoms. The Bertz CT molecular complexity index is 334. The molecule has 0 saturated heterocycles. The van der Waals surface area contributed by atoms with Crippen LogP contribution in [0.25, 0.3) is 5.53 Å². The molecule has 1 amide bonds. The van der Waals surface area contributed by atoms with Crippen molar-refractivity contribution in [3.05, 3.63) is 5.53 Å². The molecule has 0 radical (unpaired) electrons. The highest BCUT2D eigenvalue weighted by Gasteiger charge is 2.48. The molecule has 0 aromatic rings. The third-order valence-corrected chi connectivity index (χ3v) is 3.06. The minimum Gasteiger partial charge on any atom is -0.361 e. The Labute approximate surface area is 88.5 Å². The minimum atomic E-state index is -0.863. The number of hydrogen-bond donors (Lipinski definition) is 1. The van der Waals surface area contributed by atoms with Crippen LogP contribution in [0.1, 0.15) is 33.1 Å². The number of hydrogen-bond acceptors (Lipinski definition) is 2. The van der Waals surface area contributed by atoms with E-state index in [0.29, 0.717) is 6.42 Å². The first-order valence-electron chi connectivity index (χ1n) is 5.03. The maximum absolute atomic E-state index is 11.8. The lowest BCUT2D eigenvalue weighted by atomic mass is 9.84. The predicted octanol–water partition coefficient (Wildman–Crippen LogP) is 0.551. The quantitative estimate of drug-likeness (QED) is 0.418. The van der Waals surface area contributed by atoms with Crippen molar-refractivity contribution in [2.24, 2.45) is 5.92 Å². The fraction of sp³-hybridized carbons (Fsp3) is 0.700. The first kappa shape index (κ1) is 11.6. The van der Waals surface area contributed by atoms with Crippen LogP contribution >= 0.6 is 0 Å². The third-order valence-electron chi connectivity index (χ3n) is 3.06. The van der Waals surface area contributed by atoms with E-state index >= 15 is 0 Å². The predicted molar refractivity (Wildman–Crippen MR) is 54.3 cm³/mol. The molecule has 0 aliphatic heterocycles. The number of nitrogens with one attached hydrogen (secondary N) is 1. The summed E-state index contributed by atoms with van der Waals surface area (Å²) < 4.78 is 0. The Balaban J connectivity index is 3.00. The molecule has 1 aliphatic rings. The molecule has 5 nitrogen and oxygen atoms in total. The number of amides is 1. The number of nitrogens with zero attached hydrogens (tertiary/aromatic N) is 2. The molecule has 5 heteroatoms. The summed E-state index contributed by atoms with van der Waals surface area (Å²) >= 11 is 0. The third kappa shape index (κ3) is 2.13. The van der Waals surface area contributed by atoms with Gasteiger partial charge in [-0.1, -0.05) is 13.3 Å². The van der Waals surface area contributed by atoms with Crippen LogP contribution in [0.3, 0.4) is 0 Å². The second kappa shape index (κ2) is 4.36. The van der Waals surface area contributed by atoms with Crippen LogP contribution in [0.4, 0.5) is 0 Å². The van der Waals surface area contributed by atoms with Gasteiger partial charge < -0.3 is 10.8 Å². The molecule has 2 atom stereocenters. The van der Waals surface area contributed by atoms with Crippen LogP contribution in [-0.2, 0) is 9.59 Å². The molecule has 82 valence electrons. The summed E-state index contributed by atoms with van der Waals surface area (Å²) in [5, 5.41) is 2.70. The number of carbonyl (C=O) groups is 2. The molecular weight excluding hydrogens is 194 g/mol. The van der Waals surface area contributed by atoms with Crippen LogP contribution in [0.15, 0.2) is 0 Å². The van der Waals surface area contributed by atoms with Crippen molar-refractivity contribution in [1.82, 2.24) is 5.32 Å². The van der Waals surface area contributed by atoms with Gasteiger partial charge in [0.15, 0.2) is 0 Å². The highest BCUT2D eigenvalue weighted by molar-refractivity contribution is 6.30. The highest BCUT2D eigenvalue weighted by Crippen LogP contribution is 2.35. The number of rotatable bonds is 3. The zero-order chi connectivity index (χ0) is 11.5. The van der Waals surface area contributed by atoms with E-state index < -0.39 is 5.54 Å². The van der Waals surface area contributed by atoms with Gasteiger partial charge >= 0.3 is 6.21 Å². The number of carbonyl (C=O) groups excluding carboxylic acids is 2. The van der Waals surface area contributed by atoms with Gasteiger partial charge in [-0.25, -0.2) is 0 Å². The molecule has 0 aromatic heterocycles. The molecule has 1 rings (SSSR count). The Kier molecular flexibility index (Phi) is 3.37. The summed E-state index contributed by atoms with van der Waals surface area (Å²) in [7, 11) is 0. The van der Waals surface area contributed by atoms with Gasteiger partial charge in [-0.15, -0.1) is 0 Å². The van der Waals surface area contributed by atoms with Crippen LogP contribution in [0.5, 0.6) is 0 Å². The first-order valence-corrected chi connectivity index (χ1v) is 5.03. The van der Waals surface area contributed by atoms with Crippen molar-refractivity contribution in [2.75, 3.05) is 0 Å². The maximum Gasteiger partial charge on any atom is 0.325 e.